The van der Waals surface area contributed by atoms with Crippen LogP contribution in [0, 0.1) is 5.92 Å². The van der Waals surface area contributed by atoms with Crippen LogP contribution in [-0.2, 0) is 19.5 Å². The van der Waals surface area contributed by atoms with Gasteiger partial charge < -0.3 is 0 Å². The van der Waals surface area contributed by atoms with E-state index in [1.807, 2.05) is 18.2 Å². The second-order valence-electron chi connectivity index (χ2n) is 3.77. The maximum absolute atomic E-state index is 10.7. The molecule has 2 atom stereocenters. The third-order valence-electron chi connectivity index (χ3n) is 2.36. The number of hydrogen-bond acceptors (Lipinski definition) is 1. The van der Waals surface area contributed by atoms with E-state index in [0.717, 1.165) is 11.8 Å². The average molecular weight is 265 g/mol. The maximum atomic E-state index is 10.7. The molecule has 0 heterocycles. The molecule has 0 saturated heterocycles. The van der Waals surface area contributed by atoms with Gasteiger partial charge in [-0.05, 0) is 0 Å². The topological polar surface area (TPSA) is 37.3 Å². The fourth-order valence-electron chi connectivity index (χ4n) is 1.33. The van der Waals surface area contributed by atoms with Gasteiger partial charge in [-0.1, -0.05) is 0 Å². The number of carboxylic acids is 1. The summed E-state index contributed by atoms with van der Waals surface area (Å²) in [7, 11) is 0. The Morgan fingerprint density at radius 3 is 2.50 bits per heavy atom. The van der Waals surface area contributed by atoms with Gasteiger partial charge in [0.2, 0.25) is 0 Å². The Morgan fingerprint density at radius 2 is 2.00 bits per heavy atom. The quantitative estimate of drug-likeness (QED) is 0.856. The van der Waals surface area contributed by atoms with Gasteiger partial charge in [0.05, 0.1) is 0 Å². The first-order valence-corrected chi connectivity index (χ1v) is 6.78. The van der Waals surface area contributed by atoms with Crippen molar-refractivity contribution >= 4 is 5.97 Å². The molecular formula is C13H18CoO2. The van der Waals surface area contributed by atoms with Gasteiger partial charge >= 0.3 is 103 Å². The van der Waals surface area contributed by atoms with E-state index >= 15 is 0 Å². The van der Waals surface area contributed by atoms with Crippen LogP contribution in [-0.4, -0.2) is 11.1 Å². The van der Waals surface area contributed by atoms with Gasteiger partial charge in [0, 0.05) is 0 Å². The number of aliphatic carboxylic acids is 1. The Morgan fingerprint density at radius 1 is 1.38 bits per heavy atom. The Bertz CT molecular complexity index is 324. The number of hydrogen-bond donors (Lipinski definition) is 1. The van der Waals surface area contributed by atoms with Crippen LogP contribution in [0.4, 0.5) is 0 Å². The third kappa shape index (κ3) is 3.98. The predicted molar refractivity (Wildman–Crippen MR) is 61.1 cm³/mol. The van der Waals surface area contributed by atoms with Crippen LogP contribution in [0.15, 0.2) is 30.3 Å². The second-order valence-corrected chi connectivity index (χ2v) is 5.34. The first-order chi connectivity index (χ1) is 7.65. The molecule has 1 aromatic carbocycles. The van der Waals surface area contributed by atoms with E-state index in [9.17, 15) is 4.79 Å². The molecule has 2 nitrogen and oxygen atoms in total. The van der Waals surface area contributed by atoms with Gasteiger partial charge in [0.1, 0.15) is 0 Å². The minimum absolute atomic E-state index is 0.252. The molecular weight excluding hydrogens is 247 g/mol. The summed E-state index contributed by atoms with van der Waals surface area (Å²) in [6.07, 6.45) is 1.05. The van der Waals surface area contributed by atoms with Gasteiger partial charge in [0.15, 0.2) is 0 Å². The van der Waals surface area contributed by atoms with Gasteiger partial charge in [-0.3, -0.25) is 0 Å². The van der Waals surface area contributed by atoms with E-state index in [4.69, 9.17) is 5.11 Å². The Labute approximate surface area is 103 Å². The van der Waals surface area contributed by atoms with Crippen LogP contribution in [0.25, 0.3) is 0 Å². The summed E-state index contributed by atoms with van der Waals surface area (Å²) < 4.78 is 0. The summed E-state index contributed by atoms with van der Waals surface area (Å²) in [5, 5.41) is 9.55. The minimum atomic E-state index is -0.700. The van der Waals surface area contributed by atoms with Gasteiger partial charge in [-0.15, -0.1) is 0 Å². The van der Waals surface area contributed by atoms with Crippen molar-refractivity contribution in [3.63, 3.8) is 0 Å². The molecule has 0 aromatic heterocycles. The van der Waals surface area contributed by atoms with Crippen molar-refractivity contribution in [1.82, 2.24) is 0 Å². The Hall–Kier alpha value is -0.804. The van der Waals surface area contributed by atoms with Crippen LogP contribution in [0.3, 0.4) is 0 Å². The standard InChI is InChI=1S/C9H11.C4H7O2.Co/c1-2-6-9-7-4-3-5-8-9;1-3(2)4(5)6;/h3-8H,2H2,1H3;3H,1H2,2H3,(H,5,6);. The zero-order chi connectivity index (χ0) is 12.0. The van der Waals surface area contributed by atoms with E-state index in [-0.39, 0.29) is 5.92 Å². The summed E-state index contributed by atoms with van der Waals surface area (Å²) in [6.45, 7) is 3.92. The summed E-state index contributed by atoms with van der Waals surface area (Å²) >= 11 is 1.24. The zero-order valence-electron chi connectivity index (χ0n) is 9.64. The first kappa shape index (κ1) is 13.3. The summed E-state index contributed by atoms with van der Waals surface area (Å²) in [5.41, 5.74) is 1.31. The molecule has 1 rings (SSSR count). The second kappa shape index (κ2) is 6.71. The molecule has 3 heteroatoms. The molecule has 0 spiro atoms. The van der Waals surface area contributed by atoms with Crippen LogP contribution in [0.5, 0.6) is 0 Å². The zero-order valence-corrected chi connectivity index (χ0v) is 10.7. The molecule has 16 heavy (non-hydrogen) atoms. The van der Waals surface area contributed by atoms with E-state index < -0.39 is 5.97 Å². The van der Waals surface area contributed by atoms with Gasteiger partial charge in [0.25, 0.3) is 0 Å². The van der Waals surface area contributed by atoms with Crippen molar-refractivity contribution < 1.29 is 24.6 Å². The first-order valence-electron chi connectivity index (χ1n) is 5.44. The normalized spacial score (nSPS) is 14.6. The molecule has 2 unspecified atom stereocenters. The van der Waals surface area contributed by atoms with Crippen LogP contribution >= 0.6 is 0 Å². The number of rotatable bonds is 6. The van der Waals surface area contributed by atoms with Crippen molar-refractivity contribution in [3.05, 3.63) is 35.9 Å². The predicted octanol–water partition coefficient (Wildman–Crippen LogP) is 3.36. The van der Waals surface area contributed by atoms with Gasteiger partial charge in [-0.25, -0.2) is 0 Å². The van der Waals surface area contributed by atoms with E-state index in [2.05, 4.69) is 19.1 Å². The number of benzene rings is 1. The van der Waals surface area contributed by atoms with Crippen LogP contribution in [0.1, 0.15) is 30.7 Å². The summed E-state index contributed by atoms with van der Waals surface area (Å²) in [4.78, 5) is 11.2. The van der Waals surface area contributed by atoms with E-state index in [1.54, 1.807) is 6.92 Å². The van der Waals surface area contributed by atoms with E-state index in [0.29, 0.717) is 4.85 Å². The third-order valence-corrected chi connectivity index (χ3v) is 4.52. The van der Waals surface area contributed by atoms with Crippen molar-refractivity contribution in [2.24, 2.45) is 5.92 Å². The molecule has 0 aliphatic carbocycles. The Kier molecular flexibility index (Phi) is 5.56. The molecule has 0 aliphatic heterocycles. The summed E-state index contributed by atoms with van der Waals surface area (Å²) in [6, 6.07) is 10.3. The monoisotopic (exact) mass is 265 g/mol. The molecule has 0 radical (unpaired) electrons. The van der Waals surface area contributed by atoms with Crippen molar-refractivity contribution in [3.8, 4) is 0 Å². The average Bonchev–Trinajstić information content (AvgIpc) is 2.30. The van der Waals surface area contributed by atoms with Gasteiger partial charge in [-0.2, -0.15) is 0 Å². The fourth-order valence-corrected chi connectivity index (χ4v) is 2.93. The fraction of sp³-hybridized carbons (Fsp3) is 0.462. The molecule has 1 aromatic rings. The SMILES string of the molecule is CC[CH]([Co][CH2]C(C)C(=O)O)c1ccccc1. The molecule has 0 bridgehead atoms. The molecule has 0 amide bonds. The molecule has 0 aliphatic rings. The number of carboxylic acid groups (broad SMARTS) is 1. The molecule has 1 N–H and O–H groups in total. The molecule has 91 valence electrons. The Balaban J connectivity index is 2.53. The molecule has 0 fully saturated rings. The van der Waals surface area contributed by atoms with Crippen molar-refractivity contribution in [1.29, 1.82) is 0 Å². The van der Waals surface area contributed by atoms with Crippen molar-refractivity contribution in [2.75, 3.05) is 0 Å². The van der Waals surface area contributed by atoms with Crippen LogP contribution < -0.4 is 0 Å². The summed E-state index contributed by atoms with van der Waals surface area (Å²) in [5.74, 6) is -0.952. The van der Waals surface area contributed by atoms with Crippen LogP contribution in [0.2, 0.25) is 5.36 Å². The number of carbonyl (C=O) groups is 1. The van der Waals surface area contributed by atoms with Crippen molar-refractivity contribution in [2.45, 2.75) is 30.5 Å². The van der Waals surface area contributed by atoms with E-state index in [1.165, 1.54) is 20.3 Å². The molecule has 0 saturated carbocycles.